The molecule has 0 atom stereocenters. The van der Waals surface area contributed by atoms with E-state index in [1.807, 2.05) is 37.6 Å². The summed E-state index contributed by atoms with van der Waals surface area (Å²) in [4.78, 5) is 13.2. The molecule has 0 aliphatic carbocycles. The van der Waals surface area contributed by atoms with Gasteiger partial charge >= 0.3 is 0 Å². The molecule has 1 aliphatic heterocycles. The minimum atomic E-state index is -3.66. The number of rotatable bonds is 4. The summed E-state index contributed by atoms with van der Waals surface area (Å²) in [6.45, 7) is 12.9. The maximum absolute atomic E-state index is 13.1. The van der Waals surface area contributed by atoms with E-state index in [0.717, 1.165) is 5.69 Å². The van der Waals surface area contributed by atoms with Gasteiger partial charge in [0.1, 0.15) is 5.82 Å². The second-order valence-electron chi connectivity index (χ2n) is 10.6. The van der Waals surface area contributed by atoms with Crippen LogP contribution >= 0.6 is 0 Å². The fraction of sp³-hybridized carbons (Fsp3) is 0.542. The Morgan fingerprint density at radius 1 is 1.09 bits per heavy atom. The third kappa shape index (κ3) is 5.45. The Balaban J connectivity index is 1.70. The number of hydrogen-bond acceptors (Lipinski definition) is 5. The quantitative estimate of drug-likeness (QED) is 0.729. The molecule has 0 radical (unpaired) electrons. The molecule has 0 unspecified atom stereocenters. The number of anilines is 1. The molecule has 2 aromatic rings. The second kappa shape index (κ2) is 8.92. The van der Waals surface area contributed by atoms with Crippen LogP contribution in [0.2, 0.25) is 0 Å². The Hall–Kier alpha value is -2.70. The van der Waals surface area contributed by atoms with E-state index < -0.39 is 10.0 Å². The Bertz CT molecular complexity index is 1150. The van der Waals surface area contributed by atoms with Gasteiger partial charge in [-0.05, 0) is 57.9 Å². The highest BCUT2D eigenvalue weighted by atomic mass is 32.2. The summed E-state index contributed by atoms with van der Waals surface area (Å²) in [5, 5.41) is 16.7. The van der Waals surface area contributed by atoms with Crippen molar-refractivity contribution in [1.29, 1.82) is 5.26 Å². The lowest BCUT2D eigenvalue weighted by Gasteiger charge is -2.31. The number of hydrogen-bond donors (Lipinski definition) is 1. The van der Waals surface area contributed by atoms with Gasteiger partial charge in [0.25, 0.3) is 0 Å². The fourth-order valence-corrected chi connectivity index (χ4v) is 5.25. The van der Waals surface area contributed by atoms with E-state index in [2.05, 4.69) is 26.1 Å². The van der Waals surface area contributed by atoms with Crippen molar-refractivity contribution in [2.75, 3.05) is 18.4 Å². The smallest absolute Gasteiger partial charge is 0.243 e. The number of benzene rings is 1. The summed E-state index contributed by atoms with van der Waals surface area (Å²) in [5.74, 6) is 0.264. The number of piperidine rings is 1. The maximum atomic E-state index is 13.1. The molecule has 0 saturated carbocycles. The zero-order valence-electron chi connectivity index (χ0n) is 20.2. The zero-order valence-corrected chi connectivity index (χ0v) is 21.0. The molecule has 0 bridgehead atoms. The first kappa shape index (κ1) is 24.9. The predicted molar refractivity (Wildman–Crippen MR) is 127 cm³/mol. The number of aromatic nitrogens is 2. The van der Waals surface area contributed by atoms with E-state index in [-0.39, 0.29) is 40.8 Å². The van der Waals surface area contributed by atoms with Crippen LogP contribution in [0.1, 0.15) is 65.6 Å². The van der Waals surface area contributed by atoms with Crippen LogP contribution in [0.15, 0.2) is 35.2 Å². The monoisotopic (exact) mass is 471 g/mol. The van der Waals surface area contributed by atoms with Crippen LogP contribution in [0.5, 0.6) is 0 Å². The van der Waals surface area contributed by atoms with E-state index >= 15 is 0 Å². The van der Waals surface area contributed by atoms with Crippen molar-refractivity contribution in [3.8, 4) is 6.07 Å². The van der Waals surface area contributed by atoms with Gasteiger partial charge in [0.2, 0.25) is 15.9 Å². The number of carbonyl (C=O) groups is 1. The molecule has 2 heterocycles. The predicted octanol–water partition coefficient (Wildman–Crippen LogP) is 3.85. The van der Waals surface area contributed by atoms with Gasteiger partial charge < -0.3 is 5.32 Å². The molecule has 33 heavy (non-hydrogen) atoms. The van der Waals surface area contributed by atoms with E-state index in [9.17, 15) is 13.2 Å². The lowest BCUT2D eigenvalue weighted by Crippen LogP contribution is -2.41. The van der Waals surface area contributed by atoms with Crippen LogP contribution in [0.3, 0.4) is 0 Å². The normalized spacial score (nSPS) is 16.4. The molecule has 1 fully saturated rings. The Kier molecular flexibility index (Phi) is 6.74. The molecule has 3 rings (SSSR count). The van der Waals surface area contributed by atoms with Crippen LogP contribution < -0.4 is 5.32 Å². The van der Waals surface area contributed by atoms with Crippen molar-refractivity contribution in [2.24, 2.45) is 5.92 Å². The highest BCUT2D eigenvalue weighted by molar-refractivity contribution is 7.89. The van der Waals surface area contributed by atoms with Crippen molar-refractivity contribution in [3.05, 3.63) is 41.6 Å². The average Bonchev–Trinajstić information content (AvgIpc) is 3.19. The molecule has 1 saturated heterocycles. The van der Waals surface area contributed by atoms with E-state index in [4.69, 9.17) is 10.4 Å². The molecule has 178 valence electrons. The van der Waals surface area contributed by atoms with Crippen LogP contribution in [0, 0.1) is 17.2 Å². The van der Waals surface area contributed by atoms with Crippen molar-refractivity contribution in [2.45, 2.75) is 70.2 Å². The lowest BCUT2D eigenvalue weighted by atomic mass is 9.92. The molecule has 8 nitrogen and oxygen atoms in total. The minimum Gasteiger partial charge on any atom is -0.311 e. The third-order valence-electron chi connectivity index (χ3n) is 5.81. The van der Waals surface area contributed by atoms with Crippen molar-refractivity contribution >= 4 is 21.7 Å². The molecule has 1 aliphatic rings. The molecule has 0 spiro atoms. The van der Waals surface area contributed by atoms with E-state index in [1.165, 1.54) is 28.6 Å². The molecule has 1 N–H and O–H groups in total. The molecular weight excluding hydrogens is 438 g/mol. The van der Waals surface area contributed by atoms with Gasteiger partial charge in [-0.15, -0.1) is 0 Å². The summed E-state index contributed by atoms with van der Waals surface area (Å²) >= 11 is 0. The van der Waals surface area contributed by atoms with Gasteiger partial charge in [0.05, 0.1) is 27.8 Å². The third-order valence-corrected chi connectivity index (χ3v) is 7.72. The average molecular weight is 472 g/mol. The summed E-state index contributed by atoms with van der Waals surface area (Å²) in [6, 6.07) is 9.81. The van der Waals surface area contributed by atoms with Gasteiger partial charge in [-0.1, -0.05) is 20.8 Å². The van der Waals surface area contributed by atoms with Gasteiger partial charge in [-0.2, -0.15) is 14.7 Å². The number of nitrogens with zero attached hydrogens (tertiary/aromatic N) is 4. The molecule has 1 aromatic heterocycles. The largest absolute Gasteiger partial charge is 0.311 e. The SMILES string of the molecule is CC(C)(C)c1cc(NC(=O)C2CCN(S(=O)(=O)c3ccc(C#N)cc3)CC2)n(C(C)(C)C)n1. The van der Waals surface area contributed by atoms with Crippen molar-refractivity contribution < 1.29 is 13.2 Å². The second-order valence-corrected chi connectivity index (χ2v) is 12.5. The first-order valence-corrected chi connectivity index (χ1v) is 12.6. The number of nitrogens with one attached hydrogen (secondary N) is 1. The highest BCUT2D eigenvalue weighted by Gasteiger charge is 2.33. The maximum Gasteiger partial charge on any atom is 0.243 e. The summed E-state index contributed by atoms with van der Waals surface area (Å²) < 4.78 is 29.1. The molecule has 9 heteroatoms. The standard InChI is InChI=1S/C24H33N5O3S/c1-23(2,3)20-15-21(29(27-20)24(4,5)6)26-22(30)18-11-13-28(14-12-18)33(31,32)19-9-7-17(16-25)8-10-19/h7-10,15,18H,11-14H2,1-6H3,(H,26,30). The summed E-state index contributed by atoms with van der Waals surface area (Å²) in [5.41, 5.74) is 0.857. The summed E-state index contributed by atoms with van der Waals surface area (Å²) in [7, 11) is -3.66. The highest BCUT2D eigenvalue weighted by Crippen LogP contribution is 2.30. The van der Waals surface area contributed by atoms with Crippen molar-refractivity contribution in [3.63, 3.8) is 0 Å². The Morgan fingerprint density at radius 3 is 2.15 bits per heavy atom. The number of nitriles is 1. The Morgan fingerprint density at radius 2 is 1.67 bits per heavy atom. The van der Waals surface area contributed by atoms with Crippen LogP contribution in [-0.2, 0) is 25.8 Å². The minimum absolute atomic E-state index is 0.115. The van der Waals surface area contributed by atoms with Gasteiger partial charge in [0, 0.05) is 30.5 Å². The molecule has 1 amide bonds. The number of amides is 1. The zero-order chi connectivity index (χ0) is 24.6. The van der Waals surface area contributed by atoms with E-state index in [1.54, 1.807) is 0 Å². The Labute approximate surface area is 196 Å². The van der Waals surface area contributed by atoms with Gasteiger partial charge in [-0.25, -0.2) is 13.1 Å². The van der Waals surface area contributed by atoms with Crippen molar-refractivity contribution in [1.82, 2.24) is 14.1 Å². The summed E-state index contributed by atoms with van der Waals surface area (Å²) in [6.07, 6.45) is 0.883. The lowest BCUT2D eigenvalue weighted by molar-refractivity contribution is -0.121. The van der Waals surface area contributed by atoms with Crippen LogP contribution in [0.25, 0.3) is 0 Å². The number of sulfonamides is 1. The van der Waals surface area contributed by atoms with Gasteiger partial charge in [0.15, 0.2) is 0 Å². The van der Waals surface area contributed by atoms with E-state index in [0.29, 0.717) is 24.2 Å². The topological polar surface area (TPSA) is 108 Å². The molecule has 1 aromatic carbocycles. The fourth-order valence-electron chi connectivity index (χ4n) is 3.79. The van der Waals surface area contributed by atoms with Crippen LogP contribution in [0.4, 0.5) is 5.82 Å². The first-order chi connectivity index (χ1) is 15.2. The first-order valence-electron chi connectivity index (χ1n) is 11.2. The number of carbonyl (C=O) groups excluding carboxylic acids is 1. The van der Waals surface area contributed by atoms with Crippen LogP contribution in [-0.4, -0.2) is 41.5 Å². The molecular formula is C24H33N5O3S. The van der Waals surface area contributed by atoms with Gasteiger partial charge in [-0.3, -0.25) is 4.79 Å².